The first-order valence-electron chi connectivity index (χ1n) is 6.24. The summed E-state index contributed by atoms with van der Waals surface area (Å²) in [6.45, 7) is 0. The molecule has 108 valence electrons. The summed E-state index contributed by atoms with van der Waals surface area (Å²) in [6, 6.07) is 3.38. The van der Waals surface area contributed by atoms with Crippen molar-refractivity contribution < 1.29 is 8.78 Å². The fourth-order valence-electron chi connectivity index (χ4n) is 2.24. The van der Waals surface area contributed by atoms with Gasteiger partial charge in [0.2, 0.25) is 0 Å². The van der Waals surface area contributed by atoms with E-state index in [9.17, 15) is 8.78 Å². The van der Waals surface area contributed by atoms with Crippen LogP contribution in [-0.4, -0.2) is 19.6 Å². The van der Waals surface area contributed by atoms with Gasteiger partial charge in [0.25, 0.3) is 0 Å². The number of halogens is 2. The Kier molecular flexibility index (Phi) is 2.97. The number of aryl methyl sites for hydroxylation is 2. The molecular weight excluding hydrogens is 276 g/mol. The lowest BCUT2D eigenvalue weighted by atomic mass is 10.0. The van der Waals surface area contributed by atoms with Crippen LogP contribution in [-0.2, 0) is 14.1 Å². The first-order chi connectivity index (χ1) is 9.97. The minimum Gasteiger partial charge on any atom is -0.383 e. The van der Waals surface area contributed by atoms with E-state index in [1.54, 1.807) is 31.2 Å². The Labute approximate surface area is 119 Å². The first-order valence-corrected chi connectivity index (χ1v) is 6.24. The monoisotopic (exact) mass is 289 g/mol. The predicted molar refractivity (Wildman–Crippen MR) is 75.2 cm³/mol. The molecule has 2 N–H and O–H groups in total. The van der Waals surface area contributed by atoms with E-state index in [4.69, 9.17) is 5.73 Å². The standard InChI is InChI=1S/C14H13F2N5/c1-20-7-8(6-18-20)13-12(14(17)21(2)19-13)10-4-3-9(15)5-11(10)16/h3-7H,17H2,1-2H3. The van der Waals surface area contributed by atoms with Gasteiger partial charge >= 0.3 is 0 Å². The minimum absolute atomic E-state index is 0.209. The van der Waals surface area contributed by atoms with Gasteiger partial charge in [0.05, 0.1) is 11.8 Å². The number of nitrogens with zero attached hydrogens (tertiary/aromatic N) is 4. The fourth-order valence-corrected chi connectivity index (χ4v) is 2.24. The number of hydrogen-bond donors (Lipinski definition) is 1. The van der Waals surface area contributed by atoms with Crippen LogP contribution in [0.2, 0.25) is 0 Å². The predicted octanol–water partition coefficient (Wildman–Crippen LogP) is 2.35. The van der Waals surface area contributed by atoms with Crippen molar-refractivity contribution in [3.8, 4) is 22.4 Å². The first kappa shape index (κ1) is 13.3. The van der Waals surface area contributed by atoms with Crippen LogP contribution in [0.3, 0.4) is 0 Å². The molecule has 0 saturated heterocycles. The van der Waals surface area contributed by atoms with E-state index in [2.05, 4.69) is 10.2 Å². The molecule has 0 fully saturated rings. The van der Waals surface area contributed by atoms with Gasteiger partial charge in [0.1, 0.15) is 23.1 Å². The van der Waals surface area contributed by atoms with Gasteiger partial charge in [-0.1, -0.05) is 0 Å². The molecule has 0 aliphatic heterocycles. The van der Waals surface area contributed by atoms with Crippen LogP contribution < -0.4 is 5.73 Å². The number of hydrogen-bond acceptors (Lipinski definition) is 3. The molecule has 2 heterocycles. The van der Waals surface area contributed by atoms with Gasteiger partial charge in [-0.3, -0.25) is 9.36 Å². The van der Waals surface area contributed by atoms with Crippen LogP contribution in [0.15, 0.2) is 30.6 Å². The summed E-state index contributed by atoms with van der Waals surface area (Å²) >= 11 is 0. The van der Waals surface area contributed by atoms with Gasteiger partial charge in [0.15, 0.2) is 0 Å². The maximum Gasteiger partial charge on any atom is 0.134 e. The highest BCUT2D eigenvalue weighted by molar-refractivity contribution is 5.88. The number of aromatic nitrogens is 4. The maximum absolute atomic E-state index is 14.1. The highest BCUT2D eigenvalue weighted by atomic mass is 19.1. The van der Waals surface area contributed by atoms with Crippen LogP contribution in [0.5, 0.6) is 0 Å². The Balaban J connectivity index is 2.26. The summed E-state index contributed by atoms with van der Waals surface area (Å²) in [5.74, 6) is -1.01. The molecular formula is C14H13F2N5. The minimum atomic E-state index is -0.681. The van der Waals surface area contributed by atoms with E-state index in [0.29, 0.717) is 22.6 Å². The highest BCUT2D eigenvalue weighted by Crippen LogP contribution is 2.37. The van der Waals surface area contributed by atoms with Gasteiger partial charge < -0.3 is 5.73 Å². The zero-order valence-electron chi connectivity index (χ0n) is 11.5. The lowest BCUT2D eigenvalue weighted by molar-refractivity contribution is 0.585. The summed E-state index contributed by atoms with van der Waals surface area (Å²) in [6.07, 6.45) is 3.37. The molecule has 2 aromatic heterocycles. The van der Waals surface area contributed by atoms with E-state index in [-0.39, 0.29) is 5.56 Å². The normalized spacial score (nSPS) is 11.0. The Morgan fingerprint density at radius 1 is 1.19 bits per heavy atom. The fraction of sp³-hybridized carbons (Fsp3) is 0.143. The molecule has 7 heteroatoms. The van der Waals surface area contributed by atoms with Crippen molar-refractivity contribution in [1.29, 1.82) is 0 Å². The molecule has 5 nitrogen and oxygen atoms in total. The van der Waals surface area contributed by atoms with E-state index in [1.165, 1.54) is 16.8 Å². The number of benzene rings is 1. The number of nitrogens with two attached hydrogens (primary N) is 1. The van der Waals surface area contributed by atoms with Crippen LogP contribution in [0, 0.1) is 11.6 Å². The van der Waals surface area contributed by atoms with E-state index < -0.39 is 11.6 Å². The second-order valence-corrected chi connectivity index (χ2v) is 4.76. The average molecular weight is 289 g/mol. The summed E-state index contributed by atoms with van der Waals surface area (Å²) in [4.78, 5) is 0. The number of anilines is 1. The van der Waals surface area contributed by atoms with Gasteiger partial charge in [0, 0.05) is 37.5 Å². The molecule has 1 aromatic carbocycles. The number of rotatable bonds is 2. The maximum atomic E-state index is 14.1. The van der Waals surface area contributed by atoms with Crippen LogP contribution in [0.4, 0.5) is 14.6 Å². The molecule has 0 radical (unpaired) electrons. The lowest BCUT2D eigenvalue weighted by Gasteiger charge is -2.05. The topological polar surface area (TPSA) is 61.7 Å². The smallest absolute Gasteiger partial charge is 0.134 e. The van der Waals surface area contributed by atoms with Gasteiger partial charge in [-0.15, -0.1) is 0 Å². The third-order valence-electron chi connectivity index (χ3n) is 3.27. The molecule has 0 aliphatic rings. The van der Waals surface area contributed by atoms with Crippen molar-refractivity contribution in [2.45, 2.75) is 0 Å². The molecule has 21 heavy (non-hydrogen) atoms. The third kappa shape index (κ3) is 2.16. The summed E-state index contributed by atoms with van der Waals surface area (Å²) in [5.41, 5.74) is 7.86. The van der Waals surface area contributed by atoms with Gasteiger partial charge in [-0.2, -0.15) is 10.2 Å². The molecule has 3 rings (SSSR count). The summed E-state index contributed by atoms with van der Waals surface area (Å²) in [7, 11) is 3.44. The van der Waals surface area contributed by atoms with Gasteiger partial charge in [-0.25, -0.2) is 8.78 Å². The largest absolute Gasteiger partial charge is 0.383 e. The Morgan fingerprint density at radius 3 is 2.57 bits per heavy atom. The second-order valence-electron chi connectivity index (χ2n) is 4.76. The summed E-state index contributed by atoms with van der Waals surface area (Å²) < 4.78 is 30.2. The van der Waals surface area contributed by atoms with Gasteiger partial charge in [-0.05, 0) is 12.1 Å². The molecule has 0 bridgehead atoms. The Bertz CT molecular complexity index is 819. The molecule has 3 aromatic rings. The van der Waals surface area contributed by atoms with Crippen molar-refractivity contribution in [1.82, 2.24) is 19.6 Å². The zero-order valence-corrected chi connectivity index (χ0v) is 11.5. The molecule has 0 atom stereocenters. The highest BCUT2D eigenvalue weighted by Gasteiger charge is 2.21. The van der Waals surface area contributed by atoms with Crippen molar-refractivity contribution in [3.63, 3.8) is 0 Å². The summed E-state index contributed by atoms with van der Waals surface area (Å²) in [5, 5.41) is 8.39. The van der Waals surface area contributed by atoms with Crippen LogP contribution >= 0.6 is 0 Å². The quantitative estimate of drug-likeness (QED) is 0.787. The zero-order chi connectivity index (χ0) is 15.1. The van der Waals surface area contributed by atoms with Crippen LogP contribution in [0.1, 0.15) is 0 Å². The average Bonchev–Trinajstić information content (AvgIpc) is 2.96. The Hall–Kier alpha value is -2.70. The Morgan fingerprint density at radius 2 is 1.95 bits per heavy atom. The SMILES string of the molecule is Cn1cc(-c2nn(C)c(N)c2-c2ccc(F)cc2F)cn1. The molecule has 0 saturated carbocycles. The van der Waals surface area contributed by atoms with E-state index in [1.807, 2.05) is 0 Å². The van der Waals surface area contributed by atoms with Crippen molar-refractivity contribution in [3.05, 3.63) is 42.2 Å². The molecule has 0 spiro atoms. The molecule has 0 unspecified atom stereocenters. The lowest BCUT2D eigenvalue weighted by Crippen LogP contribution is -1.98. The molecule has 0 amide bonds. The number of nitrogen functional groups attached to an aromatic ring is 1. The third-order valence-corrected chi connectivity index (χ3v) is 3.27. The van der Waals surface area contributed by atoms with E-state index in [0.717, 1.165) is 6.07 Å². The van der Waals surface area contributed by atoms with E-state index >= 15 is 0 Å². The van der Waals surface area contributed by atoms with Crippen LogP contribution in [0.25, 0.3) is 22.4 Å². The van der Waals surface area contributed by atoms with Crippen molar-refractivity contribution in [2.75, 3.05) is 5.73 Å². The molecule has 0 aliphatic carbocycles. The van der Waals surface area contributed by atoms with Crippen molar-refractivity contribution >= 4 is 5.82 Å². The second kappa shape index (κ2) is 4.69. The van der Waals surface area contributed by atoms with Crippen molar-refractivity contribution in [2.24, 2.45) is 14.1 Å².